The van der Waals surface area contributed by atoms with E-state index in [0.717, 1.165) is 12.1 Å². The lowest BCUT2D eigenvalue weighted by Gasteiger charge is -2.28. The van der Waals surface area contributed by atoms with E-state index in [1.165, 1.54) is 6.92 Å². The minimum atomic E-state index is -1.37. The number of nitrogens with one attached hydrogen (secondary N) is 1. The van der Waals surface area contributed by atoms with Crippen LogP contribution in [0.15, 0.2) is 12.1 Å². The number of rotatable bonds is 2. The van der Waals surface area contributed by atoms with E-state index in [1.54, 1.807) is 0 Å². The molecule has 1 fully saturated rings. The first-order chi connectivity index (χ1) is 8.88. The van der Waals surface area contributed by atoms with Crippen LogP contribution in [0.3, 0.4) is 0 Å². The van der Waals surface area contributed by atoms with Gasteiger partial charge in [0, 0.05) is 33.9 Å². The molecule has 0 radical (unpaired) electrons. The molecule has 19 heavy (non-hydrogen) atoms. The van der Waals surface area contributed by atoms with E-state index in [9.17, 15) is 17.8 Å². The minimum Gasteiger partial charge on any atom is -0.480 e. The van der Waals surface area contributed by atoms with Crippen LogP contribution in [0.2, 0.25) is 0 Å². The average Bonchev–Trinajstić information content (AvgIpc) is 2.33. The van der Waals surface area contributed by atoms with E-state index >= 15 is 0 Å². The smallest absolute Gasteiger partial charge is 0.321 e. The number of carboxylic acids is 1. The van der Waals surface area contributed by atoms with Crippen molar-refractivity contribution >= 4 is 16.8 Å². The lowest BCUT2D eigenvalue weighted by atomic mass is 10.0. The van der Waals surface area contributed by atoms with E-state index in [0.29, 0.717) is 0 Å². The molecule has 104 valence electrons. The Hall–Kier alpha value is -1.34. The van der Waals surface area contributed by atoms with Crippen LogP contribution < -0.4 is 5.32 Å². The van der Waals surface area contributed by atoms with Gasteiger partial charge in [-0.3, -0.25) is 14.3 Å². The van der Waals surface area contributed by atoms with Crippen LogP contribution in [0.1, 0.15) is 17.2 Å². The van der Waals surface area contributed by atoms with Crippen LogP contribution in [-0.4, -0.2) is 32.8 Å². The summed E-state index contributed by atoms with van der Waals surface area (Å²) in [5.41, 5.74) is 0.190. The molecule has 0 aliphatic carbocycles. The van der Waals surface area contributed by atoms with Gasteiger partial charge in [-0.25, -0.2) is 8.78 Å². The summed E-state index contributed by atoms with van der Waals surface area (Å²) in [5.74, 6) is -2.29. The predicted octanol–water partition coefficient (Wildman–Crippen LogP) is 1.12. The van der Waals surface area contributed by atoms with Gasteiger partial charge in [-0.2, -0.15) is 0 Å². The second-order valence-electron chi connectivity index (χ2n) is 4.51. The van der Waals surface area contributed by atoms with Crippen molar-refractivity contribution in [2.75, 3.05) is 11.5 Å². The van der Waals surface area contributed by atoms with Crippen LogP contribution >= 0.6 is 0 Å². The zero-order valence-electron chi connectivity index (χ0n) is 10.2. The summed E-state index contributed by atoms with van der Waals surface area (Å²) < 4.78 is 38.9. The molecule has 0 bridgehead atoms. The molecular formula is C12H13F2NO3S. The number of aryl methyl sites for hydroxylation is 1. The number of halogens is 2. The maximum absolute atomic E-state index is 13.8. The zero-order chi connectivity index (χ0) is 14.2. The highest BCUT2D eigenvalue weighted by Crippen LogP contribution is 2.24. The Kier molecular flexibility index (Phi) is 3.96. The minimum absolute atomic E-state index is 0.0161. The van der Waals surface area contributed by atoms with Crippen LogP contribution in [-0.2, 0) is 15.6 Å². The fourth-order valence-corrected chi connectivity index (χ4v) is 3.42. The summed E-state index contributed by atoms with van der Waals surface area (Å²) in [5, 5.41) is 11.6. The molecule has 1 aliphatic rings. The molecule has 1 aromatic carbocycles. The Morgan fingerprint density at radius 3 is 2.68 bits per heavy atom. The number of carbonyl (C=O) groups is 1. The van der Waals surface area contributed by atoms with Crippen molar-refractivity contribution in [3.8, 4) is 0 Å². The Labute approximate surface area is 111 Å². The summed E-state index contributed by atoms with van der Waals surface area (Å²) in [4.78, 5) is 10.9. The van der Waals surface area contributed by atoms with E-state index in [4.69, 9.17) is 5.11 Å². The molecule has 1 saturated heterocycles. The molecule has 3 unspecified atom stereocenters. The lowest BCUT2D eigenvalue weighted by Crippen LogP contribution is -2.49. The second kappa shape index (κ2) is 5.34. The van der Waals surface area contributed by atoms with Crippen molar-refractivity contribution in [2.45, 2.75) is 19.0 Å². The van der Waals surface area contributed by atoms with E-state index in [1.807, 2.05) is 0 Å². The summed E-state index contributed by atoms with van der Waals surface area (Å²) in [6.07, 6.45) is 0. The van der Waals surface area contributed by atoms with Gasteiger partial charge in [0.25, 0.3) is 0 Å². The summed E-state index contributed by atoms with van der Waals surface area (Å²) in [6.45, 7) is 1.44. The number of benzene rings is 1. The quantitative estimate of drug-likeness (QED) is 0.856. The molecule has 2 rings (SSSR count). The third kappa shape index (κ3) is 2.98. The maximum atomic E-state index is 13.8. The third-order valence-electron chi connectivity index (χ3n) is 3.06. The van der Waals surface area contributed by atoms with Crippen molar-refractivity contribution in [1.29, 1.82) is 0 Å². The Morgan fingerprint density at radius 2 is 2.05 bits per heavy atom. The van der Waals surface area contributed by atoms with Gasteiger partial charge in [-0.1, -0.05) is 0 Å². The number of aliphatic carboxylic acids is 1. The molecule has 0 aromatic heterocycles. The average molecular weight is 289 g/mol. The zero-order valence-corrected chi connectivity index (χ0v) is 11.0. The molecule has 1 aromatic rings. The summed E-state index contributed by atoms with van der Waals surface area (Å²) in [6, 6.07) is 0.317. The second-order valence-corrected chi connectivity index (χ2v) is 6.05. The van der Waals surface area contributed by atoms with Crippen molar-refractivity contribution in [2.24, 2.45) is 0 Å². The van der Waals surface area contributed by atoms with Crippen LogP contribution in [0, 0.1) is 18.6 Å². The first kappa shape index (κ1) is 14.1. The van der Waals surface area contributed by atoms with Gasteiger partial charge in [0.05, 0.1) is 0 Å². The van der Waals surface area contributed by atoms with Crippen molar-refractivity contribution < 1.29 is 22.9 Å². The molecule has 1 heterocycles. The predicted molar refractivity (Wildman–Crippen MR) is 66.3 cm³/mol. The standard InChI is InChI=1S/C12H13F2NO3S/c1-6-2-9(14)7(3-8(6)13)10-4-19(18)5-11(15-10)12(16)17/h2-3,10-11,15H,4-5H2,1H3,(H,16,17). The molecule has 3 atom stereocenters. The van der Waals surface area contributed by atoms with Gasteiger partial charge in [0.2, 0.25) is 0 Å². The Balaban J connectivity index is 2.33. The van der Waals surface area contributed by atoms with Gasteiger partial charge in [-0.05, 0) is 24.6 Å². The molecule has 0 amide bonds. The number of carboxylic acid groups (broad SMARTS) is 1. The topological polar surface area (TPSA) is 66.4 Å². The summed E-state index contributed by atoms with van der Waals surface area (Å²) >= 11 is 0. The Bertz CT molecular complexity index is 550. The van der Waals surface area contributed by atoms with E-state index in [2.05, 4.69) is 5.32 Å². The van der Waals surface area contributed by atoms with E-state index < -0.39 is 40.5 Å². The molecule has 0 saturated carbocycles. The third-order valence-corrected chi connectivity index (χ3v) is 4.47. The first-order valence-electron chi connectivity index (χ1n) is 5.68. The van der Waals surface area contributed by atoms with Crippen molar-refractivity contribution in [3.63, 3.8) is 0 Å². The van der Waals surface area contributed by atoms with Gasteiger partial charge >= 0.3 is 5.97 Å². The SMILES string of the molecule is Cc1cc(F)c(C2CS(=O)CC(C(=O)O)N2)cc1F. The van der Waals surface area contributed by atoms with Gasteiger partial charge < -0.3 is 5.11 Å². The molecule has 4 nitrogen and oxygen atoms in total. The van der Waals surface area contributed by atoms with Crippen LogP contribution in [0.4, 0.5) is 8.78 Å². The van der Waals surface area contributed by atoms with Gasteiger partial charge in [0.1, 0.15) is 17.7 Å². The largest absolute Gasteiger partial charge is 0.480 e. The number of hydrogen-bond donors (Lipinski definition) is 2. The highest BCUT2D eigenvalue weighted by atomic mass is 32.2. The normalized spacial score (nSPS) is 27.2. The van der Waals surface area contributed by atoms with Crippen LogP contribution in [0.5, 0.6) is 0 Å². The molecule has 1 aliphatic heterocycles. The first-order valence-corrected chi connectivity index (χ1v) is 7.16. The molecule has 0 spiro atoms. The molecule has 7 heteroatoms. The van der Waals surface area contributed by atoms with Crippen molar-refractivity contribution in [1.82, 2.24) is 5.32 Å². The molecule has 2 N–H and O–H groups in total. The fourth-order valence-electron chi connectivity index (χ4n) is 2.03. The maximum Gasteiger partial charge on any atom is 0.321 e. The Morgan fingerprint density at radius 1 is 1.37 bits per heavy atom. The van der Waals surface area contributed by atoms with Crippen LogP contribution in [0.25, 0.3) is 0 Å². The lowest BCUT2D eigenvalue weighted by molar-refractivity contribution is -0.139. The van der Waals surface area contributed by atoms with Gasteiger partial charge in [0.15, 0.2) is 0 Å². The number of hydrogen-bond acceptors (Lipinski definition) is 3. The highest BCUT2D eigenvalue weighted by Gasteiger charge is 2.32. The van der Waals surface area contributed by atoms with E-state index in [-0.39, 0.29) is 22.6 Å². The monoisotopic (exact) mass is 289 g/mol. The highest BCUT2D eigenvalue weighted by molar-refractivity contribution is 7.85. The van der Waals surface area contributed by atoms with Crippen molar-refractivity contribution in [3.05, 3.63) is 34.9 Å². The summed E-state index contributed by atoms with van der Waals surface area (Å²) in [7, 11) is -1.37. The fraction of sp³-hybridized carbons (Fsp3) is 0.417. The molecular weight excluding hydrogens is 276 g/mol. The van der Waals surface area contributed by atoms with Gasteiger partial charge in [-0.15, -0.1) is 0 Å².